The molecule has 0 saturated heterocycles. The maximum Gasteiger partial charge on any atom is 0.293 e. The van der Waals surface area contributed by atoms with Crippen molar-refractivity contribution in [3.63, 3.8) is 0 Å². The van der Waals surface area contributed by atoms with Gasteiger partial charge >= 0.3 is 0 Å². The molecule has 0 saturated carbocycles. The van der Waals surface area contributed by atoms with E-state index in [0.29, 0.717) is 0 Å². The number of hydrogen-bond acceptors (Lipinski definition) is 5. The van der Waals surface area contributed by atoms with E-state index in [1.165, 1.54) is 19.2 Å². The minimum atomic E-state index is -3.78. The van der Waals surface area contributed by atoms with Crippen LogP contribution in [0.2, 0.25) is 0 Å². The van der Waals surface area contributed by atoms with Gasteiger partial charge in [0.2, 0.25) is 10.0 Å². The Bertz CT molecular complexity index is 590. The lowest BCUT2D eigenvalue weighted by molar-refractivity contribution is -0.384. The summed E-state index contributed by atoms with van der Waals surface area (Å²) >= 11 is 0. The number of nitro groups is 1. The molecule has 0 spiro atoms. The van der Waals surface area contributed by atoms with Gasteiger partial charge in [0.25, 0.3) is 5.69 Å². The average Bonchev–Trinajstić information content (AvgIpc) is 2.24. The predicted octanol–water partition coefficient (Wildman–Crippen LogP) is 1.71. The first-order valence-electron chi connectivity index (χ1n) is 5.57. The minimum Gasteiger partial charge on any atom is -0.383 e. The zero-order chi connectivity index (χ0) is 14.8. The molecule has 0 fully saturated rings. The van der Waals surface area contributed by atoms with Crippen LogP contribution in [0, 0.1) is 10.1 Å². The van der Waals surface area contributed by atoms with Gasteiger partial charge in [-0.05, 0) is 32.9 Å². The molecule has 0 amide bonds. The largest absolute Gasteiger partial charge is 0.383 e. The molecule has 1 aromatic rings. The Morgan fingerprint density at radius 1 is 1.26 bits per heavy atom. The van der Waals surface area contributed by atoms with E-state index in [1.807, 2.05) is 0 Å². The van der Waals surface area contributed by atoms with Crippen molar-refractivity contribution in [1.29, 1.82) is 0 Å². The van der Waals surface area contributed by atoms with Crippen molar-refractivity contribution >= 4 is 21.4 Å². The second-order valence-corrected chi connectivity index (χ2v) is 6.72. The lowest BCUT2D eigenvalue weighted by atomic mass is 10.1. The number of benzene rings is 1. The van der Waals surface area contributed by atoms with Crippen LogP contribution in [0.1, 0.15) is 20.8 Å². The maximum atomic E-state index is 12.1. The monoisotopic (exact) mass is 287 g/mol. The van der Waals surface area contributed by atoms with Crippen LogP contribution >= 0.6 is 0 Å². The summed E-state index contributed by atoms with van der Waals surface area (Å²) < 4.78 is 26.6. The molecule has 2 N–H and O–H groups in total. The summed E-state index contributed by atoms with van der Waals surface area (Å²) in [5.41, 5.74) is -0.672. The van der Waals surface area contributed by atoms with Gasteiger partial charge in [-0.25, -0.2) is 13.1 Å². The molecule has 0 heterocycles. The topological polar surface area (TPSA) is 101 Å². The summed E-state index contributed by atoms with van der Waals surface area (Å²) in [7, 11) is -2.25. The van der Waals surface area contributed by atoms with Gasteiger partial charge in [-0.3, -0.25) is 10.1 Å². The fourth-order valence-corrected chi connectivity index (χ4v) is 2.94. The number of hydrogen-bond donors (Lipinski definition) is 2. The standard InChI is InChI=1S/C11H17N3O4S/c1-11(2,3)13-19(17,18)8-5-6-9(12-4)10(7-8)14(15)16/h5-7,12-13H,1-4H3. The van der Waals surface area contributed by atoms with Crippen LogP contribution in [0.3, 0.4) is 0 Å². The molecule has 106 valence electrons. The summed E-state index contributed by atoms with van der Waals surface area (Å²) in [5, 5.41) is 13.5. The summed E-state index contributed by atoms with van der Waals surface area (Å²) in [5.74, 6) is 0. The first-order valence-corrected chi connectivity index (χ1v) is 7.05. The fourth-order valence-electron chi connectivity index (χ4n) is 1.50. The molecule has 0 radical (unpaired) electrons. The Morgan fingerprint density at radius 2 is 1.84 bits per heavy atom. The third-order valence-electron chi connectivity index (χ3n) is 2.19. The summed E-state index contributed by atoms with van der Waals surface area (Å²) in [6, 6.07) is 3.74. The molecular formula is C11H17N3O4S. The minimum absolute atomic E-state index is 0.131. The molecule has 7 nitrogen and oxygen atoms in total. The lowest BCUT2D eigenvalue weighted by Gasteiger charge is -2.20. The number of nitrogens with zero attached hydrogens (tertiary/aromatic N) is 1. The zero-order valence-corrected chi connectivity index (χ0v) is 12.0. The van der Waals surface area contributed by atoms with E-state index < -0.39 is 20.5 Å². The number of sulfonamides is 1. The number of nitrogens with one attached hydrogen (secondary N) is 2. The second kappa shape index (κ2) is 5.14. The van der Waals surface area contributed by atoms with E-state index in [4.69, 9.17) is 0 Å². The van der Waals surface area contributed by atoms with Crippen LogP contribution in [-0.4, -0.2) is 25.9 Å². The first-order chi connectivity index (χ1) is 8.57. The molecule has 0 aliphatic heterocycles. The van der Waals surface area contributed by atoms with Crippen LogP contribution in [0.15, 0.2) is 23.1 Å². The summed E-state index contributed by atoms with van der Waals surface area (Å²) in [4.78, 5) is 10.1. The number of nitro benzene ring substituents is 1. The van der Waals surface area contributed by atoms with Gasteiger partial charge in [0.15, 0.2) is 0 Å². The summed E-state index contributed by atoms with van der Waals surface area (Å²) in [6.45, 7) is 5.09. The van der Waals surface area contributed by atoms with Gasteiger partial charge in [0, 0.05) is 18.7 Å². The van der Waals surface area contributed by atoms with Gasteiger partial charge in [-0.15, -0.1) is 0 Å². The van der Waals surface area contributed by atoms with Gasteiger partial charge in [-0.1, -0.05) is 0 Å². The quantitative estimate of drug-likeness (QED) is 0.648. The third kappa shape index (κ3) is 3.90. The SMILES string of the molecule is CNc1ccc(S(=O)(=O)NC(C)(C)C)cc1[N+](=O)[O-]. The highest BCUT2D eigenvalue weighted by atomic mass is 32.2. The Labute approximate surface area is 112 Å². The molecule has 1 rings (SSSR count). The Morgan fingerprint density at radius 3 is 2.26 bits per heavy atom. The Balaban J connectivity index is 3.30. The molecule has 1 aromatic carbocycles. The van der Waals surface area contributed by atoms with E-state index >= 15 is 0 Å². The van der Waals surface area contributed by atoms with E-state index in [-0.39, 0.29) is 16.3 Å². The van der Waals surface area contributed by atoms with Crippen molar-refractivity contribution in [2.24, 2.45) is 0 Å². The second-order valence-electron chi connectivity index (χ2n) is 5.04. The van der Waals surface area contributed by atoms with E-state index in [0.717, 1.165) is 6.07 Å². The third-order valence-corrected chi connectivity index (χ3v) is 3.94. The summed E-state index contributed by atoms with van der Waals surface area (Å²) in [6.07, 6.45) is 0. The number of anilines is 1. The van der Waals surface area contributed by atoms with Crippen LogP contribution in [-0.2, 0) is 10.0 Å². The molecule has 0 bridgehead atoms. The molecule has 0 aliphatic carbocycles. The molecule has 8 heteroatoms. The molecular weight excluding hydrogens is 270 g/mol. The van der Waals surface area contributed by atoms with Crippen LogP contribution in [0.5, 0.6) is 0 Å². The van der Waals surface area contributed by atoms with Crippen molar-refractivity contribution < 1.29 is 13.3 Å². The van der Waals surface area contributed by atoms with Crippen molar-refractivity contribution in [2.75, 3.05) is 12.4 Å². The van der Waals surface area contributed by atoms with Crippen molar-refractivity contribution in [3.05, 3.63) is 28.3 Å². The highest BCUT2D eigenvalue weighted by Gasteiger charge is 2.25. The molecule has 19 heavy (non-hydrogen) atoms. The maximum absolute atomic E-state index is 12.1. The highest BCUT2D eigenvalue weighted by molar-refractivity contribution is 7.89. The smallest absolute Gasteiger partial charge is 0.293 e. The van der Waals surface area contributed by atoms with Crippen LogP contribution in [0.25, 0.3) is 0 Å². The zero-order valence-electron chi connectivity index (χ0n) is 11.2. The van der Waals surface area contributed by atoms with Gasteiger partial charge in [0.1, 0.15) is 5.69 Å². The first kappa shape index (κ1) is 15.4. The van der Waals surface area contributed by atoms with E-state index in [1.54, 1.807) is 20.8 Å². The van der Waals surface area contributed by atoms with E-state index in [2.05, 4.69) is 10.0 Å². The van der Waals surface area contributed by atoms with Crippen molar-refractivity contribution in [2.45, 2.75) is 31.2 Å². The molecule has 0 atom stereocenters. The Hall–Kier alpha value is -1.67. The lowest BCUT2D eigenvalue weighted by Crippen LogP contribution is -2.40. The van der Waals surface area contributed by atoms with Gasteiger partial charge in [-0.2, -0.15) is 0 Å². The molecule has 0 aromatic heterocycles. The van der Waals surface area contributed by atoms with E-state index in [9.17, 15) is 18.5 Å². The average molecular weight is 287 g/mol. The van der Waals surface area contributed by atoms with Gasteiger partial charge in [0.05, 0.1) is 9.82 Å². The molecule has 0 aliphatic rings. The Kier molecular flexibility index (Phi) is 4.16. The molecule has 0 unspecified atom stereocenters. The van der Waals surface area contributed by atoms with Crippen LogP contribution in [0.4, 0.5) is 11.4 Å². The van der Waals surface area contributed by atoms with Crippen LogP contribution < -0.4 is 10.0 Å². The number of rotatable bonds is 4. The van der Waals surface area contributed by atoms with Crippen molar-refractivity contribution in [1.82, 2.24) is 4.72 Å². The van der Waals surface area contributed by atoms with Gasteiger partial charge < -0.3 is 5.32 Å². The highest BCUT2D eigenvalue weighted by Crippen LogP contribution is 2.27. The van der Waals surface area contributed by atoms with Crippen molar-refractivity contribution in [3.8, 4) is 0 Å². The fraction of sp³-hybridized carbons (Fsp3) is 0.455. The normalized spacial score (nSPS) is 12.2. The predicted molar refractivity (Wildman–Crippen MR) is 72.7 cm³/mol.